The highest BCUT2D eigenvalue weighted by molar-refractivity contribution is 8.00. The van der Waals surface area contributed by atoms with Crippen LogP contribution < -0.4 is 10.6 Å². The van der Waals surface area contributed by atoms with Gasteiger partial charge in [0.05, 0.1) is 0 Å². The van der Waals surface area contributed by atoms with E-state index in [9.17, 15) is 0 Å². The van der Waals surface area contributed by atoms with Crippen molar-refractivity contribution in [2.24, 2.45) is 0 Å². The number of rotatable bonds is 2. The van der Waals surface area contributed by atoms with Crippen molar-refractivity contribution >= 4 is 23.4 Å². The molecule has 0 aromatic carbocycles. The molecule has 1 saturated carbocycles. The van der Waals surface area contributed by atoms with E-state index in [0.717, 1.165) is 24.7 Å². The van der Waals surface area contributed by atoms with Crippen LogP contribution in [0.5, 0.6) is 0 Å². The first-order valence-electron chi connectivity index (χ1n) is 6.66. The van der Waals surface area contributed by atoms with Crippen LogP contribution in [0.4, 0.5) is 11.6 Å². The quantitative estimate of drug-likeness (QED) is 0.888. The Morgan fingerprint density at radius 2 is 1.89 bits per heavy atom. The Labute approximate surface area is 112 Å². The zero-order valence-electron chi connectivity index (χ0n) is 11.0. The standard InChI is InChI=1S/C13H20N4S/c1-8-6-17(7-9(2)18-8)12-5-11(14)15-13(16-12)10-3-4-10/h5,8-10H,3-4,6-7H2,1-2H3,(H2,14,15,16). The number of nitrogens with zero attached hydrogens (tertiary/aromatic N) is 3. The Kier molecular flexibility index (Phi) is 3.09. The van der Waals surface area contributed by atoms with E-state index in [0.29, 0.717) is 22.2 Å². The molecule has 2 fully saturated rings. The maximum absolute atomic E-state index is 5.92. The van der Waals surface area contributed by atoms with Crippen LogP contribution in [0.15, 0.2) is 6.07 Å². The van der Waals surface area contributed by atoms with Crippen molar-refractivity contribution < 1.29 is 0 Å². The van der Waals surface area contributed by atoms with Crippen LogP contribution in [0.25, 0.3) is 0 Å². The molecule has 5 heteroatoms. The lowest BCUT2D eigenvalue weighted by Gasteiger charge is -2.35. The maximum atomic E-state index is 5.92. The second-order valence-electron chi connectivity index (χ2n) is 5.45. The molecule has 1 aliphatic carbocycles. The molecular weight excluding hydrogens is 244 g/mol. The fourth-order valence-electron chi connectivity index (χ4n) is 2.52. The van der Waals surface area contributed by atoms with Crippen molar-refractivity contribution in [2.45, 2.75) is 43.1 Å². The van der Waals surface area contributed by atoms with Gasteiger partial charge < -0.3 is 10.6 Å². The summed E-state index contributed by atoms with van der Waals surface area (Å²) < 4.78 is 0. The van der Waals surface area contributed by atoms with Gasteiger partial charge in [0.25, 0.3) is 0 Å². The van der Waals surface area contributed by atoms with E-state index in [2.05, 4.69) is 35.5 Å². The molecule has 3 rings (SSSR count). The van der Waals surface area contributed by atoms with Gasteiger partial charge in [0.15, 0.2) is 0 Å². The summed E-state index contributed by atoms with van der Waals surface area (Å²) in [6, 6.07) is 1.92. The number of hydrogen-bond donors (Lipinski definition) is 1. The molecular formula is C13H20N4S. The van der Waals surface area contributed by atoms with Gasteiger partial charge in [-0.15, -0.1) is 0 Å². The fraction of sp³-hybridized carbons (Fsp3) is 0.692. The minimum atomic E-state index is 0.557. The van der Waals surface area contributed by atoms with Gasteiger partial charge in [-0.05, 0) is 12.8 Å². The molecule has 0 radical (unpaired) electrons. The number of nitrogens with two attached hydrogens (primary N) is 1. The Hall–Kier alpha value is -0.970. The molecule has 0 amide bonds. The van der Waals surface area contributed by atoms with E-state index in [1.54, 1.807) is 0 Å². The largest absolute Gasteiger partial charge is 0.384 e. The molecule has 2 N–H and O–H groups in total. The maximum Gasteiger partial charge on any atom is 0.136 e. The minimum Gasteiger partial charge on any atom is -0.384 e. The lowest BCUT2D eigenvalue weighted by Crippen LogP contribution is -2.41. The van der Waals surface area contributed by atoms with E-state index < -0.39 is 0 Å². The number of hydrogen-bond acceptors (Lipinski definition) is 5. The highest BCUT2D eigenvalue weighted by Crippen LogP contribution is 2.39. The molecule has 0 bridgehead atoms. The summed E-state index contributed by atoms with van der Waals surface area (Å²) >= 11 is 2.05. The zero-order chi connectivity index (χ0) is 12.7. The summed E-state index contributed by atoms with van der Waals surface area (Å²) in [5, 5.41) is 1.30. The molecule has 1 aromatic heterocycles. The lowest BCUT2D eigenvalue weighted by molar-refractivity contribution is 0.713. The van der Waals surface area contributed by atoms with Crippen molar-refractivity contribution in [1.29, 1.82) is 0 Å². The van der Waals surface area contributed by atoms with E-state index >= 15 is 0 Å². The van der Waals surface area contributed by atoms with Crippen LogP contribution in [0.2, 0.25) is 0 Å². The third-order valence-electron chi connectivity index (χ3n) is 3.44. The molecule has 4 nitrogen and oxygen atoms in total. The van der Waals surface area contributed by atoms with Crippen molar-refractivity contribution in [3.05, 3.63) is 11.9 Å². The highest BCUT2D eigenvalue weighted by Gasteiger charge is 2.29. The van der Waals surface area contributed by atoms with E-state index in [-0.39, 0.29) is 0 Å². The van der Waals surface area contributed by atoms with E-state index in [1.165, 1.54) is 12.8 Å². The summed E-state index contributed by atoms with van der Waals surface area (Å²) in [6.45, 7) is 6.66. The molecule has 2 heterocycles. The van der Waals surface area contributed by atoms with Gasteiger partial charge in [-0.2, -0.15) is 11.8 Å². The lowest BCUT2D eigenvalue weighted by atomic mass is 10.3. The van der Waals surface area contributed by atoms with Crippen LogP contribution in [0.1, 0.15) is 38.4 Å². The molecule has 2 unspecified atom stereocenters. The monoisotopic (exact) mass is 264 g/mol. The fourth-order valence-corrected chi connectivity index (χ4v) is 3.85. The van der Waals surface area contributed by atoms with Crippen LogP contribution >= 0.6 is 11.8 Å². The normalized spacial score (nSPS) is 28.4. The average Bonchev–Trinajstić information content (AvgIpc) is 3.10. The molecule has 1 aliphatic heterocycles. The van der Waals surface area contributed by atoms with Crippen LogP contribution in [-0.4, -0.2) is 33.6 Å². The summed E-state index contributed by atoms with van der Waals surface area (Å²) in [4.78, 5) is 11.4. The number of thioether (sulfide) groups is 1. The van der Waals surface area contributed by atoms with Gasteiger partial charge in [-0.3, -0.25) is 0 Å². The molecule has 1 aromatic rings. The first-order chi connectivity index (χ1) is 8.61. The van der Waals surface area contributed by atoms with Crippen LogP contribution in [0, 0.1) is 0 Å². The van der Waals surface area contributed by atoms with Crippen molar-refractivity contribution in [3.63, 3.8) is 0 Å². The van der Waals surface area contributed by atoms with Crippen molar-refractivity contribution in [3.8, 4) is 0 Å². The summed E-state index contributed by atoms with van der Waals surface area (Å²) in [5.74, 6) is 3.13. The number of aromatic nitrogens is 2. The van der Waals surface area contributed by atoms with Gasteiger partial charge in [0, 0.05) is 35.6 Å². The Morgan fingerprint density at radius 3 is 2.50 bits per heavy atom. The van der Waals surface area contributed by atoms with E-state index in [1.807, 2.05) is 6.07 Å². The third-order valence-corrected chi connectivity index (χ3v) is 4.66. The van der Waals surface area contributed by atoms with Gasteiger partial charge >= 0.3 is 0 Å². The summed E-state index contributed by atoms with van der Waals surface area (Å²) in [7, 11) is 0. The molecule has 0 spiro atoms. The van der Waals surface area contributed by atoms with Gasteiger partial charge in [0.1, 0.15) is 17.5 Å². The third kappa shape index (κ3) is 2.55. The minimum absolute atomic E-state index is 0.557. The van der Waals surface area contributed by atoms with E-state index in [4.69, 9.17) is 10.7 Å². The molecule has 2 atom stereocenters. The van der Waals surface area contributed by atoms with Gasteiger partial charge in [-0.25, -0.2) is 9.97 Å². The molecule has 98 valence electrons. The zero-order valence-corrected chi connectivity index (χ0v) is 11.8. The Bertz CT molecular complexity index is 437. The SMILES string of the molecule is CC1CN(c2cc(N)nc(C3CC3)n2)CC(C)S1. The number of nitrogen functional groups attached to an aromatic ring is 1. The van der Waals surface area contributed by atoms with Gasteiger partial charge in [-0.1, -0.05) is 13.8 Å². The second-order valence-corrected chi connectivity index (χ2v) is 7.33. The molecule has 18 heavy (non-hydrogen) atoms. The topological polar surface area (TPSA) is 55.0 Å². The van der Waals surface area contributed by atoms with Crippen LogP contribution in [-0.2, 0) is 0 Å². The van der Waals surface area contributed by atoms with Crippen molar-refractivity contribution in [2.75, 3.05) is 23.7 Å². The Balaban J connectivity index is 1.86. The predicted octanol–water partition coefficient (Wildman–Crippen LogP) is 2.27. The number of anilines is 2. The van der Waals surface area contributed by atoms with Gasteiger partial charge in [0.2, 0.25) is 0 Å². The predicted molar refractivity (Wildman–Crippen MR) is 77.1 cm³/mol. The highest BCUT2D eigenvalue weighted by atomic mass is 32.2. The Morgan fingerprint density at radius 1 is 1.22 bits per heavy atom. The summed E-state index contributed by atoms with van der Waals surface area (Å²) in [6.07, 6.45) is 2.43. The summed E-state index contributed by atoms with van der Waals surface area (Å²) in [5.41, 5.74) is 5.92. The molecule has 1 saturated heterocycles. The van der Waals surface area contributed by atoms with Crippen LogP contribution in [0.3, 0.4) is 0 Å². The first-order valence-corrected chi connectivity index (χ1v) is 7.61. The second kappa shape index (κ2) is 4.61. The first kappa shape index (κ1) is 12.1. The average molecular weight is 264 g/mol. The van der Waals surface area contributed by atoms with Crippen molar-refractivity contribution in [1.82, 2.24) is 9.97 Å². The molecule has 2 aliphatic rings. The smallest absolute Gasteiger partial charge is 0.136 e.